The van der Waals surface area contributed by atoms with Gasteiger partial charge in [-0.2, -0.15) is 13.4 Å². The van der Waals surface area contributed by atoms with Gasteiger partial charge in [-0.25, -0.2) is 0 Å². The number of hydrogen-bond acceptors (Lipinski definition) is 8. The maximum atomic E-state index is 12.7. The molecule has 0 saturated heterocycles. The standard InChI is InChI=1S/C20H19N3O6S2/c1-3-28-17-10-13(11-18-19(25)23-20(21)30-18)4-9-16(17)29-31(26,27)15-7-5-14(6-8-15)22-12(2)24/h4-11H,3H2,1-2H3,(H,22,24)(H2,21,23,25)/b18-11+. The van der Waals surface area contributed by atoms with Crippen LogP contribution in [0, 0.1) is 0 Å². The van der Waals surface area contributed by atoms with Crippen LogP contribution in [0.15, 0.2) is 57.3 Å². The maximum absolute atomic E-state index is 12.7. The molecule has 2 aromatic carbocycles. The van der Waals surface area contributed by atoms with Gasteiger partial charge in [0.05, 0.1) is 11.5 Å². The van der Waals surface area contributed by atoms with Crippen LogP contribution < -0.4 is 20.0 Å². The summed E-state index contributed by atoms with van der Waals surface area (Å²) in [7, 11) is -4.15. The fourth-order valence-electron chi connectivity index (χ4n) is 2.60. The van der Waals surface area contributed by atoms with Crippen molar-refractivity contribution in [2.45, 2.75) is 18.7 Å². The van der Waals surface area contributed by atoms with Gasteiger partial charge in [-0.3, -0.25) is 9.59 Å². The highest BCUT2D eigenvalue weighted by atomic mass is 32.2. The number of thioether (sulfide) groups is 1. The highest BCUT2D eigenvalue weighted by Crippen LogP contribution is 2.33. The Morgan fingerprint density at radius 2 is 1.90 bits per heavy atom. The van der Waals surface area contributed by atoms with Crippen molar-refractivity contribution in [3.05, 3.63) is 52.9 Å². The molecule has 1 aliphatic rings. The molecular formula is C20H19N3O6S2. The minimum absolute atomic E-state index is 0.00361. The SMILES string of the molecule is CCOc1cc(/C=C2/SC(N)=NC2=O)ccc1OS(=O)(=O)c1ccc(NC(C)=O)cc1. The zero-order valence-corrected chi connectivity index (χ0v) is 18.2. The minimum Gasteiger partial charge on any atom is -0.490 e. The first-order valence-electron chi connectivity index (χ1n) is 9.05. The molecule has 1 aliphatic heterocycles. The van der Waals surface area contributed by atoms with Gasteiger partial charge < -0.3 is 20.0 Å². The molecule has 3 rings (SSSR count). The van der Waals surface area contributed by atoms with Crippen molar-refractivity contribution < 1.29 is 26.9 Å². The topological polar surface area (TPSA) is 137 Å². The summed E-state index contributed by atoms with van der Waals surface area (Å²) in [6.07, 6.45) is 1.58. The van der Waals surface area contributed by atoms with Crippen LogP contribution in [0.5, 0.6) is 11.5 Å². The van der Waals surface area contributed by atoms with Gasteiger partial charge in [0.1, 0.15) is 4.90 Å². The lowest BCUT2D eigenvalue weighted by molar-refractivity contribution is -0.114. The summed E-state index contributed by atoms with van der Waals surface area (Å²) in [4.78, 5) is 26.8. The molecule has 0 spiro atoms. The summed E-state index contributed by atoms with van der Waals surface area (Å²) in [6.45, 7) is 3.37. The number of carbonyl (C=O) groups is 2. The van der Waals surface area contributed by atoms with Crippen LogP contribution in [-0.2, 0) is 19.7 Å². The molecule has 3 N–H and O–H groups in total. The van der Waals surface area contributed by atoms with Crippen LogP contribution in [0.3, 0.4) is 0 Å². The van der Waals surface area contributed by atoms with Gasteiger partial charge in [-0.15, -0.1) is 0 Å². The van der Waals surface area contributed by atoms with Crippen molar-refractivity contribution in [3.63, 3.8) is 0 Å². The van der Waals surface area contributed by atoms with Crippen molar-refractivity contribution in [1.29, 1.82) is 0 Å². The fraction of sp³-hybridized carbons (Fsp3) is 0.150. The third-order valence-corrected chi connectivity index (χ3v) is 5.93. The summed E-state index contributed by atoms with van der Waals surface area (Å²) in [5.74, 6) is -0.517. The fourth-order valence-corrected chi connectivity index (χ4v) is 4.22. The van der Waals surface area contributed by atoms with Crippen LogP contribution in [0.25, 0.3) is 6.08 Å². The number of rotatable bonds is 7. The Labute approximate surface area is 183 Å². The van der Waals surface area contributed by atoms with Crippen molar-refractivity contribution >= 4 is 50.6 Å². The highest BCUT2D eigenvalue weighted by Gasteiger charge is 2.22. The van der Waals surface area contributed by atoms with E-state index in [2.05, 4.69) is 10.3 Å². The lowest BCUT2D eigenvalue weighted by Crippen LogP contribution is -2.11. The lowest BCUT2D eigenvalue weighted by atomic mass is 10.2. The summed E-state index contributed by atoms with van der Waals surface area (Å²) in [6, 6.07) is 10.2. The zero-order chi connectivity index (χ0) is 22.6. The molecule has 0 aliphatic carbocycles. The van der Waals surface area contributed by atoms with Crippen molar-refractivity contribution in [1.82, 2.24) is 0 Å². The normalized spacial score (nSPS) is 15.0. The molecule has 162 valence electrons. The number of anilines is 1. The highest BCUT2D eigenvalue weighted by molar-refractivity contribution is 8.18. The number of nitrogens with two attached hydrogens (primary N) is 1. The molecule has 0 fully saturated rings. The third-order valence-electron chi connectivity index (χ3n) is 3.87. The van der Waals surface area contributed by atoms with E-state index in [1.165, 1.54) is 37.3 Å². The zero-order valence-electron chi connectivity index (χ0n) is 16.6. The average Bonchev–Trinajstić information content (AvgIpc) is 3.00. The van der Waals surface area contributed by atoms with Gasteiger partial charge in [0, 0.05) is 12.6 Å². The van der Waals surface area contributed by atoms with E-state index < -0.39 is 16.0 Å². The predicted molar refractivity (Wildman–Crippen MR) is 118 cm³/mol. The molecule has 0 unspecified atom stereocenters. The van der Waals surface area contributed by atoms with E-state index >= 15 is 0 Å². The Bertz CT molecular complexity index is 1190. The van der Waals surface area contributed by atoms with Gasteiger partial charge in [0.25, 0.3) is 5.91 Å². The van der Waals surface area contributed by atoms with Crippen LogP contribution in [0.2, 0.25) is 0 Å². The van der Waals surface area contributed by atoms with Gasteiger partial charge in [0.15, 0.2) is 16.7 Å². The van der Waals surface area contributed by atoms with Crippen molar-refractivity contribution in [2.75, 3.05) is 11.9 Å². The number of ether oxygens (including phenoxy) is 1. The second-order valence-corrected chi connectivity index (χ2v) is 8.86. The van der Waals surface area contributed by atoms with Crippen LogP contribution >= 0.6 is 11.8 Å². The Kier molecular flexibility index (Phi) is 6.66. The van der Waals surface area contributed by atoms with Crippen molar-refractivity contribution in [3.8, 4) is 11.5 Å². The molecule has 11 heteroatoms. The first kappa shape index (κ1) is 22.4. The molecular weight excluding hydrogens is 442 g/mol. The molecule has 0 saturated carbocycles. The van der Waals surface area contributed by atoms with Crippen LogP contribution in [0.4, 0.5) is 5.69 Å². The van der Waals surface area contributed by atoms with Crippen LogP contribution in [0.1, 0.15) is 19.4 Å². The molecule has 1 heterocycles. The first-order chi connectivity index (χ1) is 14.7. The smallest absolute Gasteiger partial charge is 0.339 e. The number of nitrogens with zero attached hydrogens (tertiary/aromatic N) is 1. The van der Waals surface area contributed by atoms with E-state index in [0.29, 0.717) is 16.2 Å². The third kappa shape index (κ3) is 5.64. The number of carbonyl (C=O) groups excluding carboxylic acids is 2. The molecule has 0 radical (unpaired) electrons. The van der Waals surface area contributed by atoms with E-state index in [0.717, 1.165) is 11.8 Å². The van der Waals surface area contributed by atoms with E-state index in [1.807, 2.05) is 0 Å². The van der Waals surface area contributed by atoms with E-state index in [9.17, 15) is 18.0 Å². The largest absolute Gasteiger partial charge is 0.490 e. The van der Waals surface area contributed by atoms with Crippen LogP contribution in [-0.4, -0.2) is 32.0 Å². The van der Waals surface area contributed by atoms with Crippen molar-refractivity contribution in [2.24, 2.45) is 10.7 Å². The monoisotopic (exact) mass is 461 g/mol. The number of benzene rings is 2. The summed E-state index contributed by atoms with van der Waals surface area (Å²) in [5.41, 5.74) is 6.60. The maximum Gasteiger partial charge on any atom is 0.339 e. The molecule has 0 atom stereocenters. The van der Waals surface area contributed by atoms with E-state index in [1.54, 1.807) is 25.1 Å². The Hall–Kier alpha value is -3.31. The number of amidine groups is 1. The minimum atomic E-state index is -4.15. The quantitative estimate of drug-likeness (QED) is 0.474. The Balaban J connectivity index is 1.85. The lowest BCUT2D eigenvalue weighted by Gasteiger charge is -2.13. The first-order valence-corrected chi connectivity index (χ1v) is 11.3. The summed E-state index contributed by atoms with van der Waals surface area (Å²) >= 11 is 1.05. The number of aliphatic imine (C=N–C) groups is 1. The molecule has 31 heavy (non-hydrogen) atoms. The summed E-state index contributed by atoms with van der Waals surface area (Å²) in [5, 5.41) is 2.72. The Morgan fingerprint density at radius 1 is 1.19 bits per heavy atom. The van der Waals surface area contributed by atoms with Gasteiger partial charge in [0.2, 0.25) is 5.91 Å². The number of hydrogen-bond donors (Lipinski definition) is 2. The summed E-state index contributed by atoms with van der Waals surface area (Å²) < 4.78 is 36.2. The molecule has 0 aromatic heterocycles. The molecule has 2 aromatic rings. The van der Waals surface area contributed by atoms with Gasteiger partial charge in [-0.05, 0) is 66.7 Å². The van der Waals surface area contributed by atoms with Gasteiger partial charge in [-0.1, -0.05) is 6.07 Å². The average molecular weight is 462 g/mol. The Morgan fingerprint density at radius 3 is 2.48 bits per heavy atom. The molecule has 9 nitrogen and oxygen atoms in total. The predicted octanol–water partition coefficient (Wildman–Crippen LogP) is 2.74. The van der Waals surface area contributed by atoms with E-state index in [4.69, 9.17) is 14.7 Å². The number of amides is 2. The second kappa shape index (κ2) is 9.23. The second-order valence-electron chi connectivity index (χ2n) is 6.25. The van der Waals surface area contributed by atoms with Gasteiger partial charge >= 0.3 is 10.1 Å². The molecule has 0 bridgehead atoms. The number of nitrogens with one attached hydrogen (secondary N) is 1. The van der Waals surface area contributed by atoms with E-state index in [-0.39, 0.29) is 34.1 Å². The molecule has 2 amide bonds.